The summed E-state index contributed by atoms with van der Waals surface area (Å²) in [4.78, 5) is 0. The highest BCUT2D eigenvalue weighted by atomic mass is 16.3. The Hall–Kier alpha value is -3.12. The summed E-state index contributed by atoms with van der Waals surface area (Å²) >= 11 is 0. The molecular formula is C30H29N2O+. The van der Waals surface area contributed by atoms with E-state index in [0.717, 1.165) is 56.5 Å². The van der Waals surface area contributed by atoms with Gasteiger partial charge in [-0.05, 0) is 97.9 Å². The quantitative estimate of drug-likeness (QED) is 0.329. The highest BCUT2D eigenvalue weighted by Gasteiger charge is 2.52. The van der Waals surface area contributed by atoms with Crippen molar-refractivity contribution in [3.63, 3.8) is 0 Å². The van der Waals surface area contributed by atoms with Crippen LogP contribution in [0.15, 0.2) is 53.1 Å². The third kappa shape index (κ3) is 2.70. The Kier molecular flexibility index (Phi) is 3.93. The van der Waals surface area contributed by atoms with Gasteiger partial charge in [0.25, 0.3) is 0 Å². The zero-order valence-corrected chi connectivity index (χ0v) is 19.4. The molecule has 8 rings (SSSR count). The monoisotopic (exact) mass is 433 g/mol. The fourth-order valence-corrected chi connectivity index (χ4v) is 8.06. The predicted molar refractivity (Wildman–Crippen MR) is 130 cm³/mol. The molecule has 0 amide bonds. The number of aromatic nitrogens is 1. The summed E-state index contributed by atoms with van der Waals surface area (Å²) in [6.07, 6.45) is 10.1. The summed E-state index contributed by atoms with van der Waals surface area (Å²) in [7, 11) is 2.08. The number of hydrogen-bond acceptors (Lipinski definition) is 2. The molecule has 0 N–H and O–H groups in total. The number of fused-ring (bicyclic) bond motifs is 3. The van der Waals surface area contributed by atoms with E-state index in [4.69, 9.17) is 4.42 Å². The van der Waals surface area contributed by atoms with Gasteiger partial charge >= 0.3 is 0 Å². The maximum Gasteiger partial charge on any atom is 0.216 e. The average Bonchev–Trinajstić information content (AvgIpc) is 3.15. The molecule has 0 saturated heterocycles. The maximum absolute atomic E-state index is 10.2. The number of hydrogen-bond donors (Lipinski definition) is 0. The molecule has 2 aromatic carbocycles. The Morgan fingerprint density at radius 2 is 1.70 bits per heavy atom. The second-order valence-corrected chi connectivity index (χ2v) is 11.1. The first-order chi connectivity index (χ1) is 16.0. The Morgan fingerprint density at radius 1 is 0.970 bits per heavy atom. The van der Waals surface area contributed by atoms with Crippen LogP contribution in [-0.4, -0.2) is 0 Å². The molecule has 164 valence electrons. The average molecular weight is 434 g/mol. The molecule has 4 saturated carbocycles. The summed E-state index contributed by atoms with van der Waals surface area (Å²) < 4.78 is 8.80. The zero-order valence-electron chi connectivity index (χ0n) is 19.4. The fraction of sp³-hybridized carbons (Fsp3) is 0.400. The van der Waals surface area contributed by atoms with Gasteiger partial charge < -0.3 is 4.42 Å². The van der Waals surface area contributed by atoms with Crippen molar-refractivity contribution in [2.75, 3.05) is 0 Å². The molecule has 2 heterocycles. The lowest BCUT2D eigenvalue weighted by molar-refractivity contribution is -0.660. The van der Waals surface area contributed by atoms with Crippen LogP contribution in [0.1, 0.15) is 55.2 Å². The molecule has 4 aliphatic carbocycles. The topological polar surface area (TPSA) is 40.8 Å². The van der Waals surface area contributed by atoms with E-state index in [1.807, 2.05) is 0 Å². The molecular weight excluding hydrogens is 404 g/mol. The van der Waals surface area contributed by atoms with Crippen molar-refractivity contribution in [2.24, 2.45) is 24.8 Å². The molecule has 0 aliphatic heterocycles. The standard InChI is InChI=1S/C30H29N2O/c1-18-6-7-23-24-12-22(17-31)25(30-14-19-9-20(15-30)11-21(10-19)16-30)13-27(24)33-29(23)28(18)26-5-3-4-8-32(26)2/h3-8,12-13,19-21H,9-11,14-16H2,1-2H3/q+1. The number of aryl methyl sites for hydroxylation is 2. The fourth-order valence-electron chi connectivity index (χ4n) is 8.06. The Bertz CT molecular complexity index is 1450. The minimum absolute atomic E-state index is 0.178. The van der Waals surface area contributed by atoms with Gasteiger partial charge in [0.1, 0.15) is 18.2 Å². The number of furan rings is 1. The predicted octanol–water partition coefficient (Wildman–Crippen LogP) is 6.73. The lowest BCUT2D eigenvalue weighted by atomic mass is 9.47. The van der Waals surface area contributed by atoms with Gasteiger partial charge in [0.2, 0.25) is 5.69 Å². The highest BCUT2D eigenvalue weighted by molar-refractivity contribution is 6.10. The third-order valence-electron chi connectivity index (χ3n) is 9.03. The minimum Gasteiger partial charge on any atom is -0.455 e. The van der Waals surface area contributed by atoms with Crippen molar-refractivity contribution in [3.05, 3.63) is 65.4 Å². The number of nitrogens with zero attached hydrogens (tertiary/aromatic N) is 2. The van der Waals surface area contributed by atoms with Gasteiger partial charge in [0, 0.05) is 22.9 Å². The van der Waals surface area contributed by atoms with Crippen molar-refractivity contribution in [3.8, 4) is 17.3 Å². The van der Waals surface area contributed by atoms with E-state index in [0.29, 0.717) is 0 Å². The van der Waals surface area contributed by atoms with Crippen LogP contribution in [0.2, 0.25) is 0 Å². The highest BCUT2D eigenvalue weighted by Crippen LogP contribution is 2.61. The first-order valence-corrected chi connectivity index (χ1v) is 12.4. The minimum atomic E-state index is 0.178. The Labute approximate surface area is 194 Å². The van der Waals surface area contributed by atoms with Gasteiger partial charge in [0.15, 0.2) is 6.20 Å². The molecule has 33 heavy (non-hydrogen) atoms. The smallest absolute Gasteiger partial charge is 0.216 e. The summed E-state index contributed by atoms with van der Waals surface area (Å²) in [5, 5.41) is 12.4. The number of benzene rings is 2. The summed E-state index contributed by atoms with van der Waals surface area (Å²) in [5.74, 6) is 2.55. The first-order valence-electron chi connectivity index (χ1n) is 12.4. The first kappa shape index (κ1) is 19.4. The van der Waals surface area contributed by atoms with Crippen LogP contribution < -0.4 is 4.57 Å². The molecule has 0 spiro atoms. The Balaban J connectivity index is 1.48. The van der Waals surface area contributed by atoms with E-state index >= 15 is 0 Å². The van der Waals surface area contributed by atoms with Crippen molar-refractivity contribution in [1.82, 2.24) is 0 Å². The number of pyridine rings is 1. The van der Waals surface area contributed by atoms with Crippen LogP contribution in [0, 0.1) is 36.0 Å². The van der Waals surface area contributed by atoms with Crippen LogP contribution in [0.5, 0.6) is 0 Å². The van der Waals surface area contributed by atoms with Crippen LogP contribution in [0.4, 0.5) is 0 Å². The maximum atomic E-state index is 10.2. The van der Waals surface area contributed by atoms with E-state index in [2.05, 4.69) is 73.3 Å². The summed E-state index contributed by atoms with van der Waals surface area (Å²) in [5.41, 5.74) is 7.64. The third-order valence-corrected chi connectivity index (χ3v) is 9.03. The van der Waals surface area contributed by atoms with Crippen LogP contribution in [0.3, 0.4) is 0 Å². The van der Waals surface area contributed by atoms with Crippen LogP contribution in [-0.2, 0) is 12.5 Å². The van der Waals surface area contributed by atoms with Gasteiger partial charge in [-0.15, -0.1) is 0 Å². The summed E-state index contributed by atoms with van der Waals surface area (Å²) in [6.45, 7) is 2.15. The van der Waals surface area contributed by atoms with Gasteiger partial charge in [-0.1, -0.05) is 12.1 Å². The number of rotatable bonds is 2. The van der Waals surface area contributed by atoms with E-state index in [9.17, 15) is 5.26 Å². The van der Waals surface area contributed by atoms with Gasteiger partial charge in [-0.25, -0.2) is 4.57 Å². The van der Waals surface area contributed by atoms with Crippen molar-refractivity contribution in [1.29, 1.82) is 5.26 Å². The largest absolute Gasteiger partial charge is 0.455 e. The lowest BCUT2D eigenvalue weighted by Crippen LogP contribution is -2.48. The Morgan fingerprint density at radius 3 is 2.36 bits per heavy atom. The molecule has 4 bridgehead atoms. The molecule has 0 unspecified atom stereocenters. The number of nitriles is 1. The molecule has 0 atom stereocenters. The van der Waals surface area contributed by atoms with Gasteiger partial charge in [-0.3, -0.25) is 0 Å². The van der Waals surface area contributed by atoms with E-state index < -0.39 is 0 Å². The molecule has 3 nitrogen and oxygen atoms in total. The van der Waals surface area contributed by atoms with Gasteiger partial charge in [0.05, 0.1) is 17.2 Å². The van der Waals surface area contributed by atoms with E-state index in [1.54, 1.807) is 0 Å². The molecule has 0 radical (unpaired) electrons. The van der Waals surface area contributed by atoms with Crippen molar-refractivity contribution < 1.29 is 8.98 Å². The molecule has 3 heteroatoms. The van der Waals surface area contributed by atoms with Crippen LogP contribution >= 0.6 is 0 Å². The van der Waals surface area contributed by atoms with Crippen LogP contribution in [0.25, 0.3) is 33.2 Å². The van der Waals surface area contributed by atoms with Crippen molar-refractivity contribution >= 4 is 21.9 Å². The normalized spacial score (nSPS) is 28.0. The van der Waals surface area contributed by atoms with E-state index in [-0.39, 0.29) is 5.41 Å². The lowest BCUT2D eigenvalue weighted by Gasteiger charge is -2.57. The molecule has 4 aromatic rings. The second-order valence-electron chi connectivity index (χ2n) is 11.1. The van der Waals surface area contributed by atoms with Gasteiger partial charge in [-0.2, -0.15) is 5.26 Å². The summed E-state index contributed by atoms with van der Waals surface area (Å²) in [6, 6.07) is 17.6. The van der Waals surface area contributed by atoms with Crippen molar-refractivity contribution in [2.45, 2.75) is 50.9 Å². The molecule has 4 aliphatic rings. The second kappa shape index (κ2) is 6.70. The van der Waals surface area contributed by atoms with E-state index in [1.165, 1.54) is 49.7 Å². The molecule has 4 fully saturated rings. The molecule has 2 aromatic heterocycles. The zero-order chi connectivity index (χ0) is 22.3. The SMILES string of the molecule is Cc1ccc2c(oc3cc(C45CC6CC(CC(C6)C4)C5)c(C#N)cc32)c1-c1cccc[n+]1C.